The first kappa shape index (κ1) is 17.0. The maximum absolute atomic E-state index is 11.8. The van der Waals surface area contributed by atoms with Crippen LogP contribution in [0.15, 0.2) is 54.7 Å². The van der Waals surface area contributed by atoms with Crippen molar-refractivity contribution in [3.8, 4) is 17.2 Å². The van der Waals surface area contributed by atoms with Crippen LogP contribution in [0.1, 0.15) is 5.56 Å². The maximum Gasteiger partial charge on any atom is 0.349 e. The van der Waals surface area contributed by atoms with Crippen LogP contribution in [0.25, 0.3) is 6.08 Å². The lowest BCUT2D eigenvalue weighted by atomic mass is 10.2. The van der Waals surface area contributed by atoms with Gasteiger partial charge in [0, 0.05) is 6.08 Å². The smallest absolute Gasteiger partial charge is 0.349 e. The Morgan fingerprint density at radius 3 is 2.58 bits per heavy atom. The quantitative estimate of drug-likeness (QED) is 0.336. The summed E-state index contributed by atoms with van der Waals surface area (Å²) in [6, 6.07) is 13.5. The van der Waals surface area contributed by atoms with Crippen molar-refractivity contribution in [1.82, 2.24) is 0 Å². The first-order valence-electron chi connectivity index (χ1n) is 6.97. The van der Waals surface area contributed by atoms with Gasteiger partial charge in [0.05, 0.1) is 12.0 Å². The number of para-hydroxylation sites is 1. The average molecular weight is 329 g/mol. The van der Waals surface area contributed by atoms with Crippen molar-refractivity contribution in [3.05, 3.63) is 70.4 Å². The second kappa shape index (κ2) is 8.33. The molecule has 0 N–H and O–H groups in total. The zero-order valence-electron chi connectivity index (χ0n) is 12.9. The fourth-order valence-corrected chi connectivity index (χ4v) is 1.83. The number of benzene rings is 2. The molecule has 0 aromatic heterocycles. The van der Waals surface area contributed by atoms with E-state index in [0.29, 0.717) is 11.3 Å². The van der Waals surface area contributed by atoms with Crippen molar-refractivity contribution in [2.24, 2.45) is 0 Å². The molecule has 124 valence electrons. The monoisotopic (exact) mass is 329 g/mol. The van der Waals surface area contributed by atoms with Gasteiger partial charge >= 0.3 is 5.97 Å². The Kier molecular flexibility index (Phi) is 5.90. The molecule has 0 fully saturated rings. The van der Waals surface area contributed by atoms with Gasteiger partial charge in [0.2, 0.25) is 6.20 Å². The van der Waals surface area contributed by atoms with E-state index < -0.39 is 10.9 Å². The van der Waals surface area contributed by atoms with Crippen molar-refractivity contribution in [2.45, 2.75) is 0 Å². The van der Waals surface area contributed by atoms with Gasteiger partial charge in [-0.2, -0.15) is 0 Å². The van der Waals surface area contributed by atoms with Gasteiger partial charge in [-0.1, -0.05) is 24.3 Å². The summed E-state index contributed by atoms with van der Waals surface area (Å²) in [5.41, 5.74) is 0.545. The third-order valence-electron chi connectivity index (χ3n) is 2.90. The normalized spacial score (nSPS) is 10.4. The maximum atomic E-state index is 11.8. The van der Waals surface area contributed by atoms with Crippen molar-refractivity contribution < 1.29 is 23.9 Å². The molecule has 0 aliphatic rings. The Bertz CT molecular complexity index is 742. The number of hydrogen-bond donors (Lipinski definition) is 0. The molecule has 2 aromatic carbocycles. The molecule has 2 rings (SSSR count). The molecule has 24 heavy (non-hydrogen) atoms. The van der Waals surface area contributed by atoms with E-state index in [-0.39, 0.29) is 18.1 Å². The highest BCUT2D eigenvalue weighted by Crippen LogP contribution is 2.28. The summed E-state index contributed by atoms with van der Waals surface area (Å²) >= 11 is 0. The van der Waals surface area contributed by atoms with Gasteiger partial charge in [0.25, 0.3) is 0 Å². The molecule has 0 saturated heterocycles. The second-order valence-corrected chi connectivity index (χ2v) is 4.59. The third-order valence-corrected chi connectivity index (χ3v) is 2.90. The van der Waals surface area contributed by atoms with Gasteiger partial charge in [-0.25, -0.2) is 4.79 Å². The summed E-state index contributed by atoms with van der Waals surface area (Å²) in [5.74, 6) is 0.457. The van der Waals surface area contributed by atoms with E-state index in [9.17, 15) is 14.9 Å². The first-order chi connectivity index (χ1) is 11.6. The number of carbonyl (C=O) groups is 1. The van der Waals surface area contributed by atoms with Crippen LogP contribution in [0.2, 0.25) is 0 Å². The van der Waals surface area contributed by atoms with Gasteiger partial charge in [-0.15, -0.1) is 0 Å². The van der Waals surface area contributed by atoms with Crippen LogP contribution < -0.4 is 14.2 Å². The number of nitrogens with zero attached hydrogens (tertiary/aromatic N) is 1. The molecule has 0 radical (unpaired) electrons. The average Bonchev–Trinajstić information content (AvgIpc) is 2.60. The van der Waals surface area contributed by atoms with Crippen molar-refractivity contribution in [2.75, 3.05) is 13.7 Å². The number of esters is 1. The van der Waals surface area contributed by atoms with Gasteiger partial charge in [-0.3, -0.25) is 10.1 Å². The minimum atomic E-state index is -0.592. The minimum absolute atomic E-state index is 0.206. The summed E-state index contributed by atoms with van der Waals surface area (Å²) in [6.45, 7) is -0.254. The number of nitro groups is 1. The predicted octanol–water partition coefficient (Wildman–Crippen LogP) is 2.93. The zero-order chi connectivity index (χ0) is 17.4. The minimum Gasteiger partial charge on any atom is -0.493 e. The van der Waals surface area contributed by atoms with E-state index in [1.807, 2.05) is 6.07 Å². The highest BCUT2D eigenvalue weighted by atomic mass is 16.6. The van der Waals surface area contributed by atoms with E-state index >= 15 is 0 Å². The molecule has 0 atom stereocenters. The van der Waals surface area contributed by atoms with E-state index in [1.165, 1.54) is 25.3 Å². The second-order valence-electron chi connectivity index (χ2n) is 4.59. The van der Waals surface area contributed by atoms with Gasteiger partial charge in [0.15, 0.2) is 18.1 Å². The number of carbonyl (C=O) groups excluding carboxylic acids is 1. The summed E-state index contributed by atoms with van der Waals surface area (Å²) in [6.07, 6.45) is 2.13. The summed E-state index contributed by atoms with van der Waals surface area (Å²) in [4.78, 5) is 21.6. The first-order valence-corrected chi connectivity index (χ1v) is 6.97. The van der Waals surface area contributed by atoms with Crippen LogP contribution in [-0.2, 0) is 4.79 Å². The molecular formula is C17H15NO6. The molecule has 0 aliphatic heterocycles. The van der Waals surface area contributed by atoms with Crippen molar-refractivity contribution in [1.29, 1.82) is 0 Å². The Morgan fingerprint density at radius 2 is 1.92 bits per heavy atom. The molecule has 0 bridgehead atoms. The summed E-state index contributed by atoms with van der Waals surface area (Å²) in [5, 5.41) is 10.3. The van der Waals surface area contributed by atoms with Crippen molar-refractivity contribution >= 4 is 12.0 Å². The molecule has 0 unspecified atom stereocenters. The lowest BCUT2D eigenvalue weighted by Gasteiger charge is -2.10. The summed E-state index contributed by atoms with van der Waals surface area (Å²) < 4.78 is 15.6. The lowest BCUT2D eigenvalue weighted by Crippen LogP contribution is -2.18. The van der Waals surface area contributed by atoms with E-state index in [2.05, 4.69) is 0 Å². The van der Waals surface area contributed by atoms with Crippen LogP contribution in [-0.4, -0.2) is 24.6 Å². The van der Waals surface area contributed by atoms with Crippen LogP contribution >= 0.6 is 0 Å². The predicted molar refractivity (Wildman–Crippen MR) is 86.6 cm³/mol. The van der Waals surface area contributed by atoms with Crippen LogP contribution in [0.4, 0.5) is 0 Å². The van der Waals surface area contributed by atoms with E-state index in [1.54, 1.807) is 30.3 Å². The number of methoxy groups -OCH3 is 1. The Morgan fingerprint density at radius 1 is 1.17 bits per heavy atom. The number of rotatable bonds is 7. The third kappa shape index (κ3) is 5.13. The van der Waals surface area contributed by atoms with Crippen LogP contribution in [0.5, 0.6) is 17.2 Å². The summed E-state index contributed by atoms with van der Waals surface area (Å²) in [7, 11) is 1.41. The van der Waals surface area contributed by atoms with Gasteiger partial charge in [0.1, 0.15) is 5.75 Å². The standard InChI is InChI=1S/C17H15NO6/c1-22-16-11-13(9-10-18(20)21)7-8-15(16)24-17(19)12-23-14-5-3-2-4-6-14/h2-11H,12H2,1H3. The molecule has 2 aromatic rings. The highest BCUT2D eigenvalue weighted by Gasteiger charge is 2.11. The fourth-order valence-electron chi connectivity index (χ4n) is 1.83. The van der Waals surface area contributed by atoms with Gasteiger partial charge < -0.3 is 14.2 Å². The van der Waals surface area contributed by atoms with E-state index in [4.69, 9.17) is 14.2 Å². The Balaban J connectivity index is 2.00. The topological polar surface area (TPSA) is 87.9 Å². The van der Waals surface area contributed by atoms with Crippen LogP contribution in [0, 0.1) is 10.1 Å². The van der Waals surface area contributed by atoms with Crippen molar-refractivity contribution in [3.63, 3.8) is 0 Å². The van der Waals surface area contributed by atoms with Crippen LogP contribution in [0.3, 0.4) is 0 Å². The molecule has 0 aliphatic carbocycles. The molecule has 7 nitrogen and oxygen atoms in total. The molecular weight excluding hydrogens is 314 g/mol. The largest absolute Gasteiger partial charge is 0.493 e. The SMILES string of the molecule is COc1cc(C=C[N+](=O)[O-])ccc1OC(=O)COc1ccccc1. The molecule has 0 saturated carbocycles. The number of hydrogen-bond acceptors (Lipinski definition) is 6. The zero-order valence-corrected chi connectivity index (χ0v) is 12.9. The lowest BCUT2D eigenvalue weighted by molar-refractivity contribution is -0.400. The molecule has 0 spiro atoms. The Labute approximate surface area is 138 Å². The number of ether oxygens (including phenoxy) is 3. The highest BCUT2D eigenvalue weighted by molar-refractivity contribution is 5.75. The fraction of sp³-hybridized carbons (Fsp3) is 0.118. The van der Waals surface area contributed by atoms with E-state index in [0.717, 1.165) is 6.20 Å². The molecule has 0 amide bonds. The van der Waals surface area contributed by atoms with Gasteiger partial charge in [-0.05, 0) is 29.8 Å². The molecule has 7 heteroatoms. The Hall–Kier alpha value is -3.35. The molecule has 0 heterocycles.